The maximum Gasteiger partial charge on any atom is 0.342 e. The average molecular weight is 338 g/mol. The summed E-state index contributed by atoms with van der Waals surface area (Å²) in [5.74, 6) is -0.527. The molecule has 1 N–H and O–H groups in total. The summed E-state index contributed by atoms with van der Waals surface area (Å²) in [5.41, 5.74) is 0.945. The van der Waals surface area contributed by atoms with Crippen LogP contribution in [0.5, 0.6) is 0 Å². The number of halogens is 1. The van der Waals surface area contributed by atoms with Gasteiger partial charge in [-0.3, -0.25) is 4.79 Å². The molecule has 5 nitrogen and oxygen atoms in total. The topological polar surface area (TPSA) is 68.5 Å². The Morgan fingerprint density at radius 3 is 2.80 bits per heavy atom. The van der Waals surface area contributed by atoms with Crippen LogP contribution in [0.3, 0.4) is 0 Å². The molecule has 0 unspecified atom stereocenters. The summed E-state index contributed by atoms with van der Waals surface area (Å²) >= 11 is 3.30. The lowest BCUT2D eigenvalue weighted by atomic mass is 10.3. The third-order valence-corrected chi connectivity index (χ3v) is 3.01. The molecule has 1 aromatic carbocycles. The highest BCUT2D eigenvalue weighted by Crippen LogP contribution is 2.15. The van der Waals surface area contributed by atoms with Gasteiger partial charge in [0, 0.05) is 10.2 Å². The van der Waals surface area contributed by atoms with Crippen LogP contribution in [0, 0.1) is 6.92 Å². The number of ether oxygens (including phenoxy) is 1. The van der Waals surface area contributed by atoms with Crippen LogP contribution in [0.1, 0.15) is 16.1 Å². The molecule has 1 amide bonds. The molecule has 0 saturated heterocycles. The fraction of sp³-hybridized carbons (Fsp3) is 0.143. The first kappa shape index (κ1) is 14.3. The predicted octanol–water partition coefficient (Wildman–Crippen LogP) is 3.15. The zero-order valence-electron chi connectivity index (χ0n) is 10.7. The Morgan fingerprint density at radius 2 is 2.15 bits per heavy atom. The van der Waals surface area contributed by atoms with Gasteiger partial charge in [0.15, 0.2) is 6.61 Å². The van der Waals surface area contributed by atoms with Crippen LogP contribution in [0.2, 0.25) is 0 Å². The van der Waals surface area contributed by atoms with Crippen LogP contribution in [0.15, 0.2) is 45.5 Å². The molecular formula is C14H12BrNO4. The van der Waals surface area contributed by atoms with Crippen LogP contribution >= 0.6 is 15.9 Å². The number of amides is 1. The minimum absolute atomic E-state index is 0.320. The van der Waals surface area contributed by atoms with Crippen LogP contribution in [-0.4, -0.2) is 18.5 Å². The summed E-state index contributed by atoms with van der Waals surface area (Å²) in [6.45, 7) is 1.30. The monoisotopic (exact) mass is 337 g/mol. The molecule has 0 radical (unpaired) electrons. The Balaban J connectivity index is 1.87. The first-order valence-electron chi connectivity index (χ1n) is 5.83. The zero-order valence-corrected chi connectivity index (χ0v) is 12.3. The number of hydrogen-bond donors (Lipinski definition) is 1. The summed E-state index contributed by atoms with van der Waals surface area (Å²) in [7, 11) is 0. The number of anilines is 1. The van der Waals surface area contributed by atoms with Gasteiger partial charge in [-0.1, -0.05) is 22.0 Å². The van der Waals surface area contributed by atoms with E-state index in [1.54, 1.807) is 25.1 Å². The molecule has 2 aromatic rings. The third-order valence-electron chi connectivity index (χ3n) is 2.52. The summed E-state index contributed by atoms with van der Waals surface area (Å²) in [5, 5.41) is 2.63. The minimum atomic E-state index is -0.583. The second kappa shape index (κ2) is 6.38. The van der Waals surface area contributed by atoms with Gasteiger partial charge < -0.3 is 14.5 Å². The molecular weight excluding hydrogens is 326 g/mol. The van der Waals surface area contributed by atoms with E-state index in [1.807, 2.05) is 6.07 Å². The van der Waals surface area contributed by atoms with Gasteiger partial charge in [0.2, 0.25) is 0 Å². The standard InChI is InChI=1S/C14H12BrNO4/c1-9-12(5-6-19-9)14(18)20-8-13(17)16-11-4-2-3-10(15)7-11/h2-7H,8H2,1H3,(H,16,17). The van der Waals surface area contributed by atoms with Gasteiger partial charge in [-0.15, -0.1) is 0 Å². The second-order valence-corrected chi connectivity index (χ2v) is 4.94. The SMILES string of the molecule is Cc1occc1C(=O)OCC(=O)Nc1cccc(Br)c1. The van der Waals surface area contributed by atoms with Gasteiger partial charge in [-0.05, 0) is 31.2 Å². The van der Waals surface area contributed by atoms with Crippen molar-refractivity contribution in [2.75, 3.05) is 11.9 Å². The molecule has 0 aliphatic carbocycles. The molecule has 6 heteroatoms. The number of rotatable bonds is 4. The predicted molar refractivity (Wildman–Crippen MR) is 76.5 cm³/mol. The van der Waals surface area contributed by atoms with Crippen molar-refractivity contribution in [3.05, 3.63) is 52.4 Å². The smallest absolute Gasteiger partial charge is 0.342 e. The van der Waals surface area contributed by atoms with E-state index in [1.165, 1.54) is 12.3 Å². The van der Waals surface area contributed by atoms with E-state index in [-0.39, 0.29) is 6.61 Å². The fourth-order valence-electron chi connectivity index (χ4n) is 1.57. The first-order chi connectivity index (χ1) is 9.56. The summed E-state index contributed by atoms with van der Waals surface area (Å²) in [4.78, 5) is 23.3. The van der Waals surface area contributed by atoms with Crippen LogP contribution in [-0.2, 0) is 9.53 Å². The number of nitrogens with one attached hydrogen (secondary N) is 1. The maximum absolute atomic E-state index is 11.7. The molecule has 1 heterocycles. The van der Waals surface area contributed by atoms with Gasteiger partial charge in [0.05, 0.1) is 6.26 Å². The van der Waals surface area contributed by atoms with Crippen LogP contribution in [0.4, 0.5) is 5.69 Å². The van der Waals surface area contributed by atoms with Crippen molar-refractivity contribution in [1.29, 1.82) is 0 Å². The number of carbonyl (C=O) groups is 2. The Kier molecular flexibility index (Phi) is 4.57. The molecule has 0 spiro atoms. The van der Waals surface area contributed by atoms with Crippen molar-refractivity contribution in [1.82, 2.24) is 0 Å². The lowest BCUT2D eigenvalue weighted by molar-refractivity contribution is -0.119. The van der Waals surface area contributed by atoms with Gasteiger partial charge in [0.1, 0.15) is 11.3 Å². The molecule has 0 fully saturated rings. The zero-order chi connectivity index (χ0) is 14.5. The lowest BCUT2D eigenvalue weighted by Gasteiger charge is -2.06. The first-order valence-corrected chi connectivity index (χ1v) is 6.62. The van der Waals surface area contributed by atoms with Gasteiger partial charge in [0.25, 0.3) is 5.91 Å². The van der Waals surface area contributed by atoms with E-state index < -0.39 is 11.9 Å². The average Bonchev–Trinajstić information content (AvgIpc) is 2.82. The summed E-state index contributed by atoms with van der Waals surface area (Å²) in [6, 6.07) is 8.63. The highest BCUT2D eigenvalue weighted by atomic mass is 79.9. The minimum Gasteiger partial charge on any atom is -0.469 e. The van der Waals surface area contributed by atoms with Gasteiger partial charge in [-0.25, -0.2) is 4.79 Å². The fourth-order valence-corrected chi connectivity index (χ4v) is 1.97. The van der Waals surface area contributed by atoms with E-state index >= 15 is 0 Å². The van der Waals surface area contributed by atoms with Crippen LogP contribution in [0.25, 0.3) is 0 Å². The lowest BCUT2D eigenvalue weighted by Crippen LogP contribution is -2.21. The van der Waals surface area contributed by atoms with E-state index in [0.29, 0.717) is 17.0 Å². The normalized spacial score (nSPS) is 10.1. The van der Waals surface area contributed by atoms with Crippen molar-refractivity contribution >= 4 is 33.5 Å². The van der Waals surface area contributed by atoms with E-state index in [0.717, 1.165) is 4.47 Å². The van der Waals surface area contributed by atoms with Crippen molar-refractivity contribution in [2.45, 2.75) is 6.92 Å². The molecule has 0 bridgehead atoms. The highest BCUT2D eigenvalue weighted by molar-refractivity contribution is 9.10. The Hall–Kier alpha value is -2.08. The molecule has 0 atom stereocenters. The number of aryl methyl sites for hydroxylation is 1. The number of hydrogen-bond acceptors (Lipinski definition) is 4. The number of furan rings is 1. The number of esters is 1. The van der Waals surface area contributed by atoms with Gasteiger partial charge in [-0.2, -0.15) is 0 Å². The van der Waals surface area contributed by atoms with Crippen molar-refractivity contribution < 1.29 is 18.7 Å². The summed E-state index contributed by atoms with van der Waals surface area (Å²) in [6.07, 6.45) is 1.40. The molecule has 2 rings (SSSR count). The van der Waals surface area contributed by atoms with E-state index in [2.05, 4.69) is 21.2 Å². The second-order valence-electron chi connectivity index (χ2n) is 4.03. The maximum atomic E-state index is 11.7. The molecule has 0 aliphatic heterocycles. The third kappa shape index (κ3) is 3.71. The molecule has 1 aromatic heterocycles. The molecule has 0 saturated carbocycles. The van der Waals surface area contributed by atoms with E-state index in [9.17, 15) is 9.59 Å². The Bertz CT molecular complexity index is 636. The van der Waals surface area contributed by atoms with Crippen molar-refractivity contribution in [3.63, 3.8) is 0 Å². The van der Waals surface area contributed by atoms with E-state index in [4.69, 9.17) is 9.15 Å². The van der Waals surface area contributed by atoms with Crippen molar-refractivity contribution in [2.24, 2.45) is 0 Å². The summed E-state index contributed by atoms with van der Waals surface area (Å²) < 4.78 is 10.8. The van der Waals surface area contributed by atoms with Crippen LogP contribution < -0.4 is 5.32 Å². The quantitative estimate of drug-likeness (QED) is 0.870. The number of benzene rings is 1. The van der Waals surface area contributed by atoms with Gasteiger partial charge >= 0.3 is 5.97 Å². The molecule has 20 heavy (non-hydrogen) atoms. The molecule has 104 valence electrons. The largest absolute Gasteiger partial charge is 0.469 e. The number of carbonyl (C=O) groups excluding carboxylic acids is 2. The Morgan fingerprint density at radius 1 is 1.35 bits per heavy atom. The highest BCUT2D eigenvalue weighted by Gasteiger charge is 2.14. The Labute approximate surface area is 124 Å². The van der Waals surface area contributed by atoms with Crippen molar-refractivity contribution in [3.8, 4) is 0 Å². The molecule has 0 aliphatic rings.